The molecule has 0 atom stereocenters. The minimum Gasteiger partial charge on any atom is -0.463 e. The van der Waals surface area contributed by atoms with Crippen molar-refractivity contribution in [3.8, 4) is 11.5 Å². The quantitative estimate of drug-likeness (QED) is 0.600. The van der Waals surface area contributed by atoms with Crippen LogP contribution in [0.3, 0.4) is 0 Å². The number of furan rings is 1. The van der Waals surface area contributed by atoms with Gasteiger partial charge in [0.15, 0.2) is 10.6 Å². The number of aromatic nitrogens is 1. The smallest absolute Gasteiger partial charge is 0.222 e. The van der Waals surface area contributed by atoms with Crippen molar-refractivity contribution in [3.05, 3.63) is 57.9 Å². The van der Waals surface area contributed by atoms with Crippen LogP contribution in [0.25, 0.3) is 11.5 Å². The molecule has 0 bridgehead atoms. The predicted octanol–water partition coefficient (Wildman–Crippen LogP) is 4.71. The summed E-state index contributed by atoms with van der Waals surface area (Å²) in [4.78, 5) is 19.5. The van der Waals surface area contributed by atoms with Crippen LogP contribution in [0.1, 0.15) is 19.3 Å². The summed E-state index contributed by atoms with van der Waals surface area (Å²) in [5.41, 5.74) is 1.86. The van der Waals surface area contributed by atoms with Crippen molar-refractivity contribution < 1.29 is 9.21 Å². The van der Waals surface area contributed by atoms with Gasteiger partial charge in [-0.05, 0) is 49.2 Å². The molecule has 140 valence electrons. The summed E-state index contributed by atoms with van der Waals surface area (Å²) >= 11 is 7.55. The van der Waals surface area contributed by atoms with Crippen LogP contribution in [-0.4, -0.2) is 28.5 Å². The molecule has 0 saturated carbocycles. The number of likely N-dealkylation sites (tertiary alicyclic amines) is 1. The van der Waals surface area contributed by atoms with Gasteiger partial charge in [-0.1, -0.05) is 11.6 Å². The number of amides is 1. The molecule has 2 aromatic heterocycles. The van der Waals surface area contributed by atoms with Crippen molar-refractivity contribution in [3.63, 3.8) is 0 Å². The third-order valence-corrected chi connectivity index (χ3v) is 5.72. The Morgan fingerprint density at radius 3 is 2.74 bits per heavy atom. The van der Waals surface area contributed by atoms with Crippen molar-refractivity contribution in [2.24, 2.45) is 4.99 Å². The maximum absolute atomic E-state index is 11.8. The summed E-state index contributed by atoms with van der Waals surface area (Å²) in [6.45, 7) is 2.43. The molecule has 0 spiro atoms. The molecule has 0 radical (unpaired) electrons. The lowest BCUT2D eigenvalue weighted by Crippen LogP contribution is -2.27. The Morgan fingerprint density at radius 1 is 1.19 bits per heavy atom. The van der Waals surface area contributed by atoms with E-state index in [1.54, 1.807) is 17.6 Å². The van der Waals surface area contributed by atoms with Crippen LogP contribution in [0, 0.1) is 0 Å². The largest absolute Gasteiger partial charge is 0.463 e. The van der Waals surface area contributed by atoms with Gasteiger partial charge in [0.2, 0.25) is 5.91 Å². The molecule has 4 rings (SSSR count). The van der Waals surface area contributed by atoms with Gasteiger partial charge in [-0.2, -0.15) is 0 Å². The number of carbonyl (C=O) groups excluding carboxylic acids is 1. The Hall–Kier alpha value is -2.31. The molecular formula is C20H20ClN3O2S. The lowest BCUT2D eigenvalue weighted by molar-refractivity contribution is -0.127. The topological polar surface area (TPSA) is 50.7 Å². The van der Waals surface area contributed by atoms with E-state index in [4.69, 9.17) is 21.0 Å². The highest BCUT2D eigenvalue weighted by Crippen LogP contribution is 2.22. The molecule has 0 unspecified atom stereocenters. The summed E-state index contributed by atoms with van der Waals surface area (Å²) in [6, 6.07) is 11.3. The second kappa shape index (κ2) is 8.15. The van der Waals surface area contributed by atoms with Gasteiger partial charge in [0.05, 0.1) is 17.6 Å². The minimum absolute atomic E-state index is 0.266. The van der Waals surface area contributed by atoms with E-state index in [1.165, 1.54) is 0 Å². The SMILES string of the molecule is O=C1CCCN1CCCn1c(-c2ccco2)csc1=Nc1ccc(Cl)cc1. The first kappa shape index (κ1) is 18.1. The Labute approximate surface area is 166 Å². The normalized spacial score (nSPS) is 15.1. The van der Waals surface area contributed by atoms with Gasteiger partial charge < -0.3 is 13.9 Å². The number of rotatable bonds is 6. The molecule has 27 heavy (non-hydrogen) atoms. The van der Waals surface area contributed by atoms with Gasteiger partial charge in [-0.25, -0.2) is 4.99 Å². The summed E-state index contributed by atoms with van der Waals surface area (Å²) < 4.78 is 7.76. The van der Waals surface area contributed by atoms with E-state index in [1.807, 2.05) is 41.3 Å². The van der Waals surface area contributed by atoms with Gasteiger partial charge in [-0.3, -0.25) is 4.79 Å². The van der Waals surface area contributed by atoms with Gasteiger partial charge in [0.1, 0.15) is 0 Å². The van der Waals surface area contributed by atoms with Gasteiger partial charge in [-0.15, -0.1) is 11.3 Å². The Morgan fingerprint density at radius 2 is 2.04 bits per heavy atom. The first-order valence-electron chi connectivity index (χ1n) is 9.01. The zero-order valence-corrected chi connectivity index (χ0v) is 16.4. The van der Waals surface area contributed by atoms with Crippen molar-refractivity contribution in [2.75, 3.05) is 13.1 Å². The molecule has 0 N–H and O–H groups in total. The van der Waals surface area contributed by atoms with E-state index < -0.39 is 0 Å². The molecular weight excluding hydrogens is 382 g/mol. The maximum Gasteiger partial charge on any atom is 0.222 e. The molecule has 3 heterocycles. The fourth-order valence-corrected chi connectivity index (χ4v) is 4.30. The van der Waals surface area contributed by atoms with Gasteiger partial charge in [0, 0.05) is 36.5 Å². The Kier molecular flexibility index (Phi) is 5.45. The van der Waals surface area contributed by atoms with Crippen LogP contribution in [-0.2, 0) is 11.3 Å². The molecule has 7 heteroatoms. The number of nitrogens with zero attached hydrogens (tertiary/aromatic N) is 3. The number of hydrogen-bond donors (Lipinski definition) is 0. The highest BCUT2D eigenvalue weighted by molar-refractivity contribution is 7.07. The fraction of sp³-hybridized carbons (Fsp3) is 0.300. The van der Waals surface area contributed by atoms with E-state index in [0.717, 1.165) is 54.4 Å². The molecule has 1 aliphatic rings. The van der Waals surface area contributed by atoms with Crippen molar-refractivity contribution in [1.82, 2.24) is 9.47 Å². The lowest BCUT2D eigenvalue weighted by atomic mass is 10.3. The third-order valence-electron chi connectivity index (χ3n) is 4.60. The van der Waals surface area contributed by atoms with E-state index in [-0.39, 0.29) is 5.91 Å². The molecule has 1 fully saturated rings. The molecule has 5 nitrogen and oxygen atoms in total. The summed E-state index contributed by atoms with van der Waals surface area (Å²) in [5, 5.41) is 2.76. The monoisotopic (exact) mass is 401 g/mol. The molecule has 1 saturated heterocycles. The summed E-state index contributed by atoms with van der Waals surface area (Å²) in [6.07, 6.45) is 4.21. The number of carbonyl (C=O) groups is 1. The highest BCUT2D eigenvalue weighted by atomic mass is 35.5. The summed E-state index contributed by atoms with van der Waals surface area (Å²) in [7, 11) is 0. The van der Waals surface area contributed by atoms with E-state index >= 15 is 0 Å². The highest BCUT2D eigenvalue weighted by Gasteiger charge is 2.19. The zero-order chi connectivity index (χ0) is 18.6. The molecule has 0 aliphatic carbocycles. The second-order valence-electron chi connectivity index (χ2n) is 6.46. The number of thiazole rings is 1. The molecule has 1 amide bonds. The van der Waals surface area contributed by atoms with Gasteiger partial charge in [0.25, 0.3) is 0 Å². The lowest BCUT2D eigenvalue weighted by Gasteiger charge is -2.16. The minimum atomic E-state index is 0.266. The second-order valence-corrected chi connectivity index (χ2v) is 7.73. The van der Waals surface area contributed by atoms with Crippen molar-refractivity contribution in [2.45, 2.75) is 25.8 Å². The third kappa shape index (κ3) is 4.17. The average Bonchev–Trinajstić information content (AvgIpc) is 3.40. The van der Waals surface area contributed by atoms with Crippen LogP contribution in [0.5, 0.6) is 0 Å². The molecule has 3 aromatic rings. The van der Waals surface area contributed by atoms with Crippen LogP contribution in [0.2, 0.25) is 5.02 Å². The van der Waals surface area contributed by atoms with E-state index in [2.05, 4.69) is 9.95 Å². The first-order chi connectivity index (χ1) is 13.2. The Bertz CT molecular complexity index is 974. The summed E-state index contributed by atoms with van der Waals surface area (Å²) in [5.74, 6) is 1.09. The van der Waals surface area contributed by atoms with Crippen LogP contribution in [0.15, 0.2) is 57.5 Å². The van der Waals surface area contributed by atoms with Crippen molar-refractivity contribution >= 4 is 34.5 Å². The van der Waals surface area contributed by atoms with Crippen molar-refractivity contribution in [1.29, 1.82) is 0 Å². The predicted molar refractivity (Wildman–Crippen MR) is 107 cm³/mol. The average molecular weight is 402 g/mol. The maximum atomic E-state index is 11.8. The standard InChI is InChI=1S/C20H20ClN3O2S/c21-15-6-8-16(9-7-15)22-20-24(12-3-11-23-10-1-5-19(23)25)17(14-27-20)18-4-2-13-26-18/h2,4,6-9,13-14H,1,3,5,10-12H2. The Balaban J connectivity index is 1.61. The molecule has 1 aliphatic heterocycles. The molecule has 1 aromatic carbocycles. The van der Waals surface area contributed by atoms with E-state index in [9.17, 15) is 4.79 Å². The van der Waals surface area contributed by atoms with Gasteiger partial charge >= 0.3 is 0 Å². The zero-order valence-electron chi connectivity index (χ0n) is 14.8. The van der Waals surface area contributed by atoms with Crippen LogP contribution in [0.4, 0.5) is 5.69 Å². The first-order valence-corrected chi connectivity index (χ1v) is 10.3. The van der Waals surface area contributed by atoms with E-state index in [0.29, 0.717) is 11.4 Å². The number of hydrogen-bond acceptors (Lipinski definition) is 4. The number of benzene rings is 1. The van der Waals surface area contributed by atoms with Crippen LogP contribution < -0.4 is 4.80 Å². The fourth-order valence-electron chi connectivity index (χ4n) is 3.24. The van der Waals surface area contributed by atoms with Crippen LogP contribution >= 0.6 is 22.9 Å². The number of halogens is 1.